The summed E-state index contributed by atoms with van der Waals surface area (Å²) in [7, 11) is 0. The number of amides is 2. The Labute approximate surface area is 172 Å². The Morgan fingerprint density at radius 2 is 1.93 bits per heavy atom. The minimum Gasteiger partial charge on any atom is -0.350 e. The fraction of sp³-hybridized carbons (Fsp3) is 0.286. The van der Waals surface area contributed by atoms with Gasteiger partial charge in [-0.15, -0.1) is 22.7 Å². The van der Waals surface area contributed by atoms with Gasteiger partial charge in [0.05, 0.1) is 16.6 Å². The van der Waals surface area contributed by atoms with E-state index in [4.69, 9.17) is 0 Å². The van der Waals surface area contributed by atoms with Crippen molar-refractivity contribution < 1.29 is 9.59 Å². The van der Waals surface area contributed by atoms with E-state index in [9.17, 15) is 9.59 Å². The van der Waals surface area contributed by atoms with E-state index in [0.29, 0.717) is 10.0 Å². The van der Waals surface area contributed by atoms with E-state index in [-0.39, 0.29) is 17.9 Å². The van der Waals surface area contributed by atoms with Gasteiger partial charge in [-0.3, -0.25) is 14.9 Å². The lowest BCUT2D eigenvalue weighted by Crippen LogP contribution is -2.23. The molecule has 2 aromatic heterocycles. The maximum Gasteiger partial charge on any atom is 0.267 e. The summed E-state index contributed by atoms with van der Waals surface area (Å²) in [6, 6.07) is 9.83. The lowest BCUT2D eigenvalue weighted by Gasteiger charge is -2.12. The Morgan fingerprint density at radius 3 is 2.54 bits per heavy atom. The average molecular weight is 414 g/mol. The highest BCUT2D eigenvalue weighted by Gasteiger charge is 2.14. The highest BCUT2D eigenvalue weighted by Crippen LogP contribution is 2.28. The average Bonchev–Trinajstić information content (AvgIpc) is 3.27. The van der Waals surface area contributed by atoms with Gasteiger partial charge in [0.25, 0.3) is 5.91 Å². The number of nitrogens with one attached hydrogen (secondary N) is 2. The van der Waals surface area contributed by atoms with Gasteiger partial charge >= 0.3 is 0 Å². The van der Waals surface area contributed by atoms with Gasteiger partial charge in [-0.05, 0) is 37.5 Å². The van der Waals surface area contributed by atoms with E-state index in [1.165, 1.54) is 40.0 Å². The van der Waals surface area contributed by atoms with Crippen molar-refractivity contribution in [3.63, 3.8) is 0 Å². The first kappa shape index (κ1) is 20.2. The van der Waals surface area contributed by atoms with Gasteiger partial charge in [0.15, 0.2) is 5.13 Å². The quantitative estimate of drug-likeness (QED) is 0.584. The van der Waals surface area contributed by atoms with Crippen LogP contribution in [-0.2, 0) is 11.2 Å². The largest absolute Gasteiger partial charge is 0.350 e. The van der Waals surface area contributed by atoms with Gasteiger partial charge in [0, 0.05) is 22.7 Å². The Hall–Kier alpha value is -2.51. The van der Waals surface area contributed by atoms with Crippen LogP contribution in [0, 0.1) is 6.92 Å². The van der Waals surface area contributed by atoms with E-state index in [0.717, 1.165) is 23.2 Å². The number of carbonyl (C=O) groups is 2. The van der Waals surface area contributed by atoms with Crippen molar-refractivity contribution in [3.8, 4) is 11.3 Å². The molecule has 1 unspecified atom stereocenters. The van der Waals surface area contributed by atoms with Crippen molar-refractivity contribution in [3.05, 3.63) is 56.6 Å². The van der Waals surface area contributed by atoms with Crippen LogP contribution >= 0.6 is 22.7 Å². The van der Waals surface area contributed by atoms with Gasteiger partial charge in [-0.2, -0.15) is 0 Å². The Morgan fingerprint density at radius 1 is 1.21 bits per heavy atom. The lowest BCUT2D eigenvalue weighted by molar-refractivity contribution is -0.119. The first-order valence-corrected chi connectivity index (χ1v) is 10.8. The predicted molar refractivity (Wildman–Crippen MR) is 116 cm³/mol. The summed E-state index contributed by atoms with van der Waals surface area (Å²) in [6.45, 7) is 7.59. The van der Waals surface area contributed by atoms with Crippen molar-refractivity contribution in [1.29, 1.82) is 0 Å². The van der Waals surface area contributed by atoms with Crippen molar-refractivity contribution >= 4 is 39.6 Å². The molecule has 28 heavy (non-hydrogen) atoms. The second-order valence-corrected chi connectivity index (χ2v) is 8.70. The van der Waals surface area contributed by atoms with E-state index in [2.05, 4.69) is 22.5 Å². The molecule has 3 aromatic rings. The third kappa shape index (κ3) is 4.66. The molecule has 2 amide bonds. The number of anilines is 1. The number of aromatic nitrogens is 1. The maximum absolute atomic E-state index is 12.5. The Kier molecular flexibility index (Phi) is 6.26. The molecule has 0 saturated heterocycles. The topological polar surface area (TPSA) is 71.1 Å². The molecule has 146 valence electrons. The number of aryl methyl sites for hydroxylation is 2. The van der Waals surface area contributed by atoms with E-state index in [1.807, 2.05) is 49.6 Å². The normalized spacial score (nSPS) is 11.9. The van der Waals surface area contributed by atoms with Crippen LogP contribution in [0.15, 0.2) is 35.7 Å². The third-order valence-corrected chi connectivity index (χ3v) is 6.33. The fourth-order valence-corrected chi connectivity index (χ4v) is 4.66. The molecule has 7 heteroatoms. The molecule has 2 N–H and O–H groups in total. The highest BCUT2D eigenvalue weighted by atomic mass is 32.1. The molecular formula is C21H23N3O2S2. The molecule has 1 atom stereocenters. The van der Waals surface area contributed by atoms with Gasteiger partial charge in [0.2, 0.25) is 5.91 Å². The van der Waals surface area contributed by atoms with Crippen molar-refractivity contribution in [2.45, 2.75) is 40.2 Å². The third-order valence-electron chi connectivity index (χ3n) is 4.48. The van der Waals surface area contributed by atoms with E-state index < -0.39 is 0 Å². The number of nitrogens with zero attached hydrogens (tertiary/aromatic N) is 1. The number of hydrogen-bond acceptors (Lipinski definition) is 5. The number of benzene rings is 1. The molecule has 0 spiro atoms. The van der Waals surface area contributed by atoms with Gasteiger partial charge in [0.1, 0.15) is 0 Å². The number of thiophene rings is 1. The molecule has 0 fully saturated rings. The first-order chi connectivity index (χ1) is 13.4. The second kappa shape index (κ2) is 8.67. The number of hydrogen-bond donors (Lipinski definition) is 2. The van der Waals surface area contributed by atoms with Crippen LogP contribution in [0.5, 0.6) is 0 Å². The number of carbonyl (C=O) groups excluding carboxylic acids is 2. The second-order valence-electron chi connectivity index (χ2n) is 6.58. The number of rotatable bonds is 6. The SMILES string of the molecule is CCc1cc(C(=O)Nc2nc(-c3ccc(C(C)NC(C)=O)cc3)cs2)sc1C. The summed E-state index contributed by atoms with van der Waals surface area (Å²) in [5.41, 5.74) is 4.03. The van der Waals surface area contributed by atoms with Crippen LogP contribution < -0.4 is 10.6 Å². The molecule has 0 aliphatic carbocycles. The van der Waals surface area contributed by atoms with Crippen LogP contribution in [0.1, 0.15) is 52.5 Å². The molecule has 1 aromatic carbocycles. The maximum atomic E-state index is 12.5. The molecule has 0 saturated carbocycles. The zero-order chi connectivity index (χ0) is 20.3. The lowest BCUT2D eigenvalue weighted by atomic mass is 10.1. The van der Waals surface area contributed by atoms with Gasteiger partial charge in [-0.25, -0.2) is 4.98 Å². The van der Waals surface area contributed by atoms with Crippen LogP contribution in [0.3, 0.4) is 0 Å². The summed E-state index contributed by atoms with van der Waals surface area (Å²) < 4.78 is 0. The summed E-state index contributed by atoms with van der Waals surface area (Å²) in [5.74, 6) is -0.170. The first-order valence-electron chi connectivity index (χ1n) is 9.11. The van der Waals surface area contributed by atoms with Gasteiger partial charge < -0.3 is 5.32 Å². The monoisotopic (exact) mass is 413 g/mol. The summed E-state index contributed by atoms with van der Waals surface area (Å²) in [5, 5.41) is 8.28. The Bertz CT molecular complexity index is 990. The van der Waals surface area contributed by atoms with Crippen LogP contribution in [0.4, 0.5) is 5.13 Å². The van der Waals surface area contributed by atoms with E-state index >= 15 is 0 Å². The smallest absolute Gasteiger partial charge is 0.267 e. The molecule has 0 bridgehead atoms. The fourth-order valence-electron chi connectivity index (χ4n) is 2.94. The standard InChI is InChI=1S/C21H23N3O2S2/c1-5-15-10-19(28-13(15)3)20(26)24-21-23-18(11-27-21)17-8-6-16(7-9-17)12(2)22-14(4)25/h6-12H,5H2,1-4H3,(H,22,25)(H,23,24,26). The van der Waals surface area contributed by atoms with Crippen LogP contribution in [-0.4, -0.2) is 16.8 Å². The zero-order valence-corrected chi connectivity index (χ0v) is 18.0. The summed E-state index contributed by atoms with van der Waals surface area (Å²) in [4.78, 5) is 30.1. The molecule has 3 rings (SSSR count). The van der Waals surface area contributed by atoms with Crippen molar-refractivity contribution in [1.82, 2.24) is 10.3 Å². The molecule has 0 aliphatic rings. The summed E-state index contributed by atoms with van der Waals surface area (Å²) >= 11 is 2.92. The highest BCUT2D eigenvalue weighted by molar-refractivity contribution is 7.15. The van der Waals surface area contributed by atoms with Gasteiger partial charge in [-0.1, -0.05) is 31.2 Å². The zero-order valence-electron chi connectivity index (χ0n) is 16.3. The summed E-state index contributed by atoms with van der Waals surface area (Å²) in [6.07, 6.45) is 0.924. The minimum atomic E-state index is -0.117. The predicted octanol–water partition coefficient (Wildman–Crippen LogP) is 5.19. The molecular weight excluding hydrogens is 390 g/mol. The van der Waals surface area contributed by atoms with Crippen molar-refractivity contribution in [2.75, 3.05) is 5.32 Å². The number of thiazole rings is 1. The van der Waals surface area contributed by atoms with Crippen LogP contribution in [0.25, 0.3) is 11.3 Å². The molecule has 5 nitrogen and oxygen atoms in total. The van der Waals surface area contributed by atoms with Crippen LogP contribution in [0.2, 0.25) is 0 Å². The van der Waals surface area contributed by atoms with Crippen molar-refractivity contribution in [2.24, 2.45) is 0 Å². The molecule has 0 radical (unpaired) electrons. The molecule has 0 aliphatic heterocycles. The minimum absolute atomic E-state index is 0.0425. The van der Waals surface area contributed by atoms with E-state index in [1.54, 1.807) is 0 Å². The molecule has 2 heterocycles. The Balaban J connectivity index is 1.69.